The number of carbonyl (C=O) groups excluding carboxylic acids is 2. The highest BCUT2D eigenvalue weighted by molar-refractivity contribution is 7.12. The topological polar surface area (TPSA) is 66.7 Å². The first-order valence-corrected chi connectivity index (χ1v) is 10.8. The molecule has 2 amide bonds. The van der Waals surface area contributed by atoms with Gasteiger partial charge in [-0.05, 0) is 36.4 Å². The minimum absolute atomic E-state index is 0.0403. The van der Waals surface area contributed by atoms with Crippen LogP contribution in [0, 0.1) is 0 Å². The zero-order valence-electron chi connectivity index (χ0n) is 15.9. The number of piperazine rings is 1. The van der Waals surface area contributed by atoms with Crippen LogP contribution in [0.4, 0.5) is 0 Å². The Hall–Kier alpha value is -2.93. The molecule has 1 saturated heterocycles. The highest BCUT2D eigenvalue weighted by Gasteiger charge is 2.36. The van der Waals surface area contributed by atoms with Gasteiger partial charge in [-0.15, -0.1) is 11.3 Å². The summed E-state index contributed by atoms with van der Waals surface area (Å²) >= 11 is 1.45. The number of thiophene rings is 1. The lowest BCUT2D eigenvalue weighted by Crippen LogP contribution is -2.50. The van der Waals surface area contributed by atoms with Crippen molar-refractivity contribution in [3.05, 3.63) is 64.2 Å². The summed E-state index contributed by atoms with van der Waals surface area (Å²) in [6, 6.07) is 13.4. The van der Waals surface area contributed by atoms with Crippen LogP contribution < -0.4 is 0 Å². The summed E-state index contributed by atoms with van der Waals surface area (Å²) in [4.78, 5) is 34.6. The molecule has 3 heterocycles. The summed E-state index contributed by atoms with van der Waals surface area (Å²) < 4.78 is 6.02. The normalized spacial score (nSPS) is 16.8. The fraction of sp³-hybridized carbons (Fsp3) is 0.318. The highest BCUT2D eigenvalue weighted by atomic mass is 32.1. The number of benzene rings is 1. The maximum atomic E-state index is 13.2. The Kier molecular flexibility index (Phi) is 4.67. The smallest absolute Gasteiger partial charge is 0.276 e. The SMILES string of the molecule is O=C(c1cccs1)N1CCN(C(=O)c2nc(-c3ccccc3)oc2C2CC2)CC1. The van der Waals surface area contributed by atoms with Crippen molar-refractivity contribution in [2.75, 3.05) is 26.2 Å². The Morgan fingerprint density at radius 3 is 2.24 bits per heavy atom. The molecule has 3 aromatic rings. The number of aromatic nitrogens is 1. The van der Waals surface area contributed by atoms with Crippen LogP contribution >= 0.6 is 11.3 Å². The third kappa shape index (κ3) is 3.58. The quantitative estimate of drug-likeness (QED) is 0.658. The fourth-order valence-electron chi connectivity index (χ4n) is 3.63. The van der Waals surface area contributed by atoms with Crippen LogP contribution in [0.15, 0.2) is 52.3 Å². The van der Waals surface area contributed by atoms with Gasteiger partial charge in [0.2, 0.25) is 5.89 Å². The van der Waals surface area contributed by atoms with Crippen LogP contribution in [-0.2, 0) is 0 Å². The zero-order valence-corrected chi connectivity index (χ0v) is 16.7. The van der Waals surface area contributed by atoms with Crippen molar-refractivity contribution in [2.24, 2.45) is 0 Å². The second-order valence-corrected chi connectivity index (χ2v) is 8.38. The Morgan fingerprint density at radius 2 is 1.62 bits per heavy atom. The Bertz CT molecular complexity index is 1020. The van der Waals surface area contributed by atoms with Gasteiger partial charge < -0.3 is 14.2 Å². The third-order valence-electron chi connectivity index (χ3n) is 5.41. The lowest BCUT2D eigenvalue weighted by atomic mass is 10.2. The molecule has 1 aliphatic carbocycles. The summed E-state index contributed by atoms with van der Waals surface area (Å²) in [6.07, 6.45) is 2.07. The minimum Gasteiger partial charge on any atom is -0.440 e. The van der Waals surface area contributed by atoms with Gasteiger partial charge in [0.1, 0.15) is 5.76 Å². The van der Waals surface area contributed by atoms with Gasteiger partial charge in [0.05, 0.1) is 4.88 Å². The van der Waals surface area contributed by atoms with Crippen molar-refractivity contribution in [2.45, 2.75) is 18.8 Å². The molecule has 2 aliphatic rings. The van der Waals surface area contributed by atoms with Crippen LogP contribution in [0.5, 0.6) is 0 Å². The molecule has 0 N–H and O–H groups in total. The van der Waals surface area contributed by atoms with Crippen LogP contribution in [-0.4, -0.2) is 52.8 Å². The summed E-state index contributed by atoms with van der Waals surface area (Å²) in [7, 11) is 0. The first kappa shape index (κ1) is 18.1. The standard InChI is InChI=1S/C22H21N3O3S/c26-21(17-7-4-14-29-17)24-10-12-25(13-11-24)22(27)18-19(15-8-9-15)28-20(23-18)16-5-2-1-3-6-16/h1-7,14-15H,8-13H2. The predicted octanol–water partition coefficient (Wildman–Crippen LogP) is 3.88. The predicted molar refractivity (Wildman–Crippen MR) is 110 cm³/mol. The average Bonchev–Trinajstić information content (AvgIpc) is 3.29. The molecule has 5 rings (SSSR count). The number of nitrogens with zero attached hydrogens (tertiary/aromatic N) is 3. The van der Waals surface area contributed by atoms with E-state index in [9.17, 15) is 9.59 Å². The van der Waals surface area contributed by atoms with Crippen molar-refractivity contribution in [3.8, 4) is 11.5 Å². The molecule has 1 aromatic carbocycles. The van der Waals surface area contributed by atoms with Crippen LogP contribution in [0.1, 0.15) is 44.7 Å². The van der Waals surface area contributed by atoms with Crippen LogP contribution in [0.2, 0.25) is 0 Å². The first-order chi connectivity index (χ1) is 14.2. The number of hydrogen-bond donors (Lipinski definition) is 0. The lowest BCUT2D eigenvalue weighted by Gasteiger charge is -2.34. The van der Waals surface area contributed by atoms with Gasteiger partial charge in [0, 0.05) is 37.7 Å². The van der Waals surface area contributed by atoms with E-state index in [0.717, 1.165) is 23.3 Å². The molecule has 7 heteroatoms. The summed E-state index contributed by atoms with van der Waals surface area (Å²) in [5.41, 5.74) is 1.31. The molecule has 1 aliphatic heterocycles. The maximum Gasteiger partial charge on any atom is 0.276 e. The largest absolute Gasteiger partial charge is 0.440 e. The molecular weight excluding hydrogens is 386 g/mol. The summed E-state index contributed by atoms with van der Waals surface area (Å²) in [6.45, 7) is 2.08. The highest BCUT2D eigenvalue weighted by Crippen LogP contribution is 2.43. The van der Waals surface area contributed by atoms with Gasteiger partial charge in [0.25, 0.3) is 11.8 Å². The van der Waals surface area contributed by atoms with E-state index in [1.807, 2.05) is 52.7 Å². The van der Waals surface area contributed by atoms with Crippen molar-refractivity contribution >= 4 is 23.2 Å². The molecule has 0 spiro atoms. The van der Waals surface area contributed by atoms with Gasteiger partial charge in [0.15, 0.2) is 5.69 Å². The van der Waals surface area contributed by atoms with Gasteiger partial charge in [-0.3, -0.25) is 9.59 Å². The molecule has 29 heavy (non-hydrogen) atoms. The Balaban J connectivity index is 1.32. The molecule has 2 aromatic heterocycles. The number of oxazole rings is 1. The molecule has 2 fully saturated rings. The van der Waals surface area contributed by atoms with Crippen LogP contribution in [0.3, 0.4) is 0 Å². The molecule has 0 atom stereocenters. The second-order valence-electron chi connectivity index (χ2n) is 7.43. The van der Waals surface area contributed by atoms with Gasteiger partial charge in [-0.25, -0.2) is 4.98 Å². The molecule has 6 nitrogen and oxygen atoms in total. The van der Waals surface area contributed by atoms with Gasteiger partial charge in [-0.1, -0.05) is 24.3 Å². The van der Waals surface area contributed by atoms with Crippen molar-refractivity contribution in [1.29, 1.82) is 0 Å². The number of rotatable bonds is 4. The Labute approximate surface area is 172 Å². The van der Waals surface area contributed by atoms with Crippen molar-refractivity contribution in [3.63, 3.8) is 0 Å². The molecular formula is C22H21N3O3S. The fourth-order valence-corrected chi connectivity index (χ4v) is 4.32. The van der Waals surface area contributed by atoms with E-state index in [0.29, 0.717) is 49.4 Å². The minimum atomic E-state index is -0.0962. The van der Waals surface area contributed by atoms with E-state index >= 15 is 0 Å². The lowest BCUT2D eigenvalue weighted by molar-refractivity contribution is 0.0534. The number of amides is 2. The van der Waals surface area contributed by atoms with Crippen LogP contribution in [0.25, 0.3) is 11.5 Å². The molecule has 1 saturated carbocycles. The molecule has 0 unspecified atom stereocenters. The van der Waals surface area contributed by atoms with E-state index in [-0.39, 0.29) is 11.8 Å². The monoisotopic (exact) mass is 407 g/mol. The zero-order chi connectivity index (χ0) is 19.8. The molecule has 0 radical (unpaired) electrons. The third-order valence-corrected chi connectivity index (χ3v) is 6.27. The second kappa shape index (κ2) is 7.48. The van der Waals surface area contributed by atoms with E-state index < -0.39 is 0 Å². The Morgan fingerprint density at radius 1 is 0.931 bits per heavy atom. The van der Waals surface area contributed by atoms with E-state index in [4.69, 9.17) is 4.42 Å². The van der Waals surface area contributed by atoms with Gasteiger partial charge in [-0.2, -0.15) is 0 Å². The summed E-state index contributed by atoms with van der Waals surface area (Å²) in [5, 5.41) is 1.90. The maximum absolute atomic E-state index is 13.2. The summed E-state index contributed by atoms with van der Waals surface area (Å²) in [5.74, 6) is 1.45. The average molecular weight is 407 g/mol. The van der Waals surface area contributed by atoms with Crippen molar-refractivity contribution < 1.29 is 14.0 Å². The first-order valence-electron chi connectivity index (χ1n) is 9.89. The number of hydrogen-bond acceptors (Lipinski definition) is 5. The molecule has 0 bridgehead atoms. The van der Waals surface area contributed by atoms with E-state index in [1.165, 1.54) is 11.3 Å². The van der Waals surface area contributed by atoms with Crippen molar-refractivity contribution in [1.82, 2.24) is 14.8 Å². The number of carbonyl (C=O) groups is 2. The van der Waals surface area contributed by atoms with E-state index in [1.54, 1.807) is 4.90 Å². The molecule has 148 valence electrons. The van der Waals surface area contributed by atoms with E-state index in [2.05, 4.69) is 4.98 Å². The van der Waals surface area contributed by atoms with Gasteiger partial charge >= 0.3 is 0 Å².